The van der Waals surface area contributed by atoms with Crippen LogP contribution < -0.4 is 0 Å². The molecule has 0 amide bonds. The van der Waals surface area contributed by atoms with Crippen LogP contribution in [0.15, 0.2) is 66.2 Å². The van der Waals surface area contributed by atoms with Gasteiger partial charge in [-0.3, -0.25) is 9.36 Å². The Labute approximate surface area is 169 Å². The van der Waals surface area contributed by atoms with Crippen molar-refractivity contribution in [1.82, 2.24) is 0 Å². The van der Waals surface area contributed by atoms with Gasteiger partial charge >= 0.3 is 13.6 Å². The van der Waals surface area contributed by atoms with Gasteiger partial charge in [-0.1, -0.05) is 61.0 Å². The van der Waals surface area contributed by atoms with Crippen LogP contribution in [-0.4, -0.2) is 20.2 Å². The fraction of sp³-hybridized carbons (Fsp3) is 0.286. The Kier molecular flexibility index (Phi) is 6.11. The monoisotopic (exact) mass is 420 g/mol. The topological polar surface area (TPSA) is 61.8 Å². The zero-order valence-electron chi connectivity index (χ0n) is 15.9. The number of carbonyl (C=O) groups is 1. The summed E-state index contributed by atoms with van der Waals surface area (Å²) in [4.78, 5) is 13.4. The average Bonchev–Trinajstić information content (AvgIpc) is 2.74. The molecule has 2 aromatic rings. The average molecular weight is 421 g/mol. The Morgan fingerprint density at radius 2 is 1.68 bits per heavy atom. The van der Waals surface area contributed by atoms with Crippen molar-refractivity contribution in [2.75, 3.05) is 14.2 Å². The number of carbonyl (C=O) groups excluding carboxylic acids is 1. The van der Waals surface area contributed by atoms with Crippen molar-refractivity contribution in [3.8, 4) is 0 Å². The number of esters is 1. The fourth-order valence-electron chi connectivity index (χ4n) is 3.69. The minimum atomic E-state index is -3.72. The Balaban J connectivity index is 2.26. The van der Waals surface area contributed by atoms with Gasteiger partial charge in [0.15, 0.2) is 0 Å². The minimum absolute atomic E-state index is 0.0885. The molecule has 7 heteroatoms. The van der Waals surface area contributed by atoms with Gasteiger partial charge in [-0.05, 0) is 35.8 Å². The van der Waals surface area contributed by atoms with Gasteiger partial charge in [0, 0.05) is 25.2 Å². The first-order valence-corrected chi connectivity index (χ1v) is 10.8. The maximum absolute atomic E-state index is 13.4. The predicted molar refractivity (Wildman–Crippen MR) is 108 cm³/mol. The third kappa shape index (κ3) is 3.44. The van der Waals surface area contributed by atoms with Crippen molar-refractivity contribution in [3.05, 3.63) is 82.3 Å². The molecule has 0 bridgehead atoms. The van der Waals surface area contributed by atoms with Crippen LogP contribution in [0.1, 0.15) is 30.4 Å². The molecule has 0 saturated heterocycles. The van der Waals surface area contributed by atoms with Gasteiger partial charge in [0.2, 0.25) is 5.50 Å². The van der Waals surface area contributed by atoms with Crippen LogP contribution in [0, 0.1) is 0 Å². The smallest absolute Gasteiger partial charge is 0.395 e. The molecule has 0 fully saturated rings. The molecule has 1 heterocycles. The van der Waals surface area contributed by atoms with Crippen LogP contribution in [0.25, 0.3) is 0 Å². The molecule has 0 unspecified atom stereocenters. The maximum Gasteiger partial charge on any atom is 0.395 e. The zero-order chi connectivity index (χ0) is 20.4. The Morgan fingerprint density at radius 1 is 1.07 bits per heavy atom. The van der Waals surface area contributed by atoms with Crippen molar-refractivity contribution < 1.29 is 23.1 Å². The second kappa shape index (κ2) is 8.22. The maximum atomic E-state index is 13.4. The van der Waals surface area contributed by atoms with E-state index < -0.39 is 24.9 Å². The zero-order valence-corrected chi connectivity index (χ0v) is 17.6. The van der Waals surface area contributed by atoms with Crippen LogP contribution in [0.3, 0.4) is 0 Å². The normalized spacial score (nSPS) is 22.5. The van der Waals surface area contributed by atoms with E-state index in [0.717, 1.165) is 11.1 Å². The summed E-state index contributed by atoms with van der Waals surface area (Å²) in [7, 11) is -1.20. The van der Waals surface area contributed by atoms with Crippen LogP contribution in [0.5, 0.6) is 0 Å². The van der Waals surface area contributed by atoms with Crippen LogP contribution in [-0.2, 0) is 28.6 Å². The molecule has 0 aliphatic carbocycles. The highest BCUT2D eigenvalue weighted by Gasteiger charge is 2.52. The van der Waals surface area contributed by atoms with E-state index >= 15 is 0 Å². The molecular formula is C21H22ClO5P. The second-order valence-electron chi connectivity index (χ2n) is 6.48. The molecule has 0 spiro atoms. The molecule has 148 valence electrons. The SMILES string of the molecule is CC[C@@]1(c2ccc(Cl)cc2)C(=O)OC(P(=O)(OC)OC)=C[C@@H]1c1ccccc1. The van der Waals surface area contributed by atoms with Gasteiger partial charge in [0.05, 0.1) is 0 Å². The van der Waals surface area contributed by atoms with Crippen molar-refractivity contribution in [2.24, 2.45) is 0 Å². The molecular weight excluding hydrogens is 399 g/mol. The van der Waals surface area contributed by atoms with Gasteiger partial charge in [-0.2, -0.15) is 0 Å². The minimum Gasteiger partial charge on any atom is -0.417 e. The summed E-state index contributed by atoms with van der Waals surface area (Å²) in [6.45, 7) is 1.93. The lowest BCUT2D eigenvalue weighted by atomic mass is 9.65. The number of ether oxygens (including phenoxy) is 1. The van der Waals surface area contributed by atoms with Gasteiger partial charge in [0.25, 0.3) is 0 Å². The molecule has 1 aliphatic heterocycles. The van der Waals surface area contributed by atoms with Crippen LogP contribution in [0.2, 0.25) is 5.02 Å². The fourth-order valence-corrected chi connectivity index (χ4v) is 4.85. The number of hydrogen-bond acceptors (Lipinski definition) is 5. The number of hydrogen-bond donors (Lipinski definition) is 0. The van der Waals surface area contributed by atoms with Gasteiger partial charge in [-0.15, -0.1) is 0 Å². The molecule has 0 saturated carbocycles. The molecule has 2 atom stereocenters. The Hall–Kier alpha value is -1.91. The summed E-state index contributed by atoms with van der Waals surface area (Å²) in [6, 6.07) is 16.7. The Morgan fingerprint density at radius 3 is 2.21 bits per heavy atom. The molecule has 3 rings (SSSR count). The number of benzene rings is 2. The highest BCUT2D eigenvalue weighted by Crippen LogP contribution is 2.60. The standard InChI is InChI=1S/C21H22ClO5P/c1-4-21(16-10-12-17(22)13-11-16)18(15-8-6-5-7-9-15)14-19(27-20(21)23)28(24,25-2)26-3/h5-14,18H,4H2,1-3H3/t18-,21+/m1/s1. The first-order chi connectivity index (χ1) is 13.4. The Bertz CT molecular complexity index is 918. The first kappa shape index (κ1) is 20.8. The van der Waals surface area contributed by atoms with Crippen LogP contribution in [0.4, 0.5) is 0 Å². The second-order valence-corrected chi connectivity index (χ2v) is 9.08. The quantitative estimate of drug-likeness (QED) is 0.446. The molecule has 5 nitrogen and oxygen atoms in total. The van der Waals surface area contributed by atoms with E-state index in [4.69, 9.17) is 25.4 Å². The van der Waals surface area contributed by atoms with E-state index in [9.17, 15) is 9.36 Å². The highest BCUT2D eigenvalue weighted by molar-refractivity contribution is 7.58. The van der Waals surface area contributed by atoms with Crippen molar-refractivity contribution in [3.63, 3.8) is 0 Å². The van der Waals surface area contributed by atoms with Gasteiger partial charge < -0.3 is 13.8 Å². The first-order valence-electron chi connectivity index (χ1n) is 8.88. The molecule has 0 N–H and O–H groups in total. The summed E-state index contributed by atoms with van der Waals surface area (Å²) in [5.41, 5.74) is 0.585. The lowest BCUT2D eigenvalue weighted by molar-refractivity contribution is -0.148. The number of cyclic esters (lactones) is 1. The van der Waals surface area contributed by atoms with Gasteiger partial charge in [0.1, 0.15) is 5.41 Å². The van der Waals surface area contributed by atoms with Crippen molar-refractivity contribution in [2.45, 2.75) is 24.7 Å². The third-order valence-electron chi connectivity index (χ3n) is 5.23. The van der Waals surface area contributed by atoms with E-state index in [1.54, 1.807) is 18.2 Å². The lowest BCUT2D eigenvalue weighted by Gasteiger charge is -2.41. The summed E-state index contributed by atoms with van der Waals surface area (Å²) in [6.07, 6.45) is 2.16. The predicted octanol–water partition coefficient (Wildman–Crippen LogP) is 5.66. The number of allylic oxidation sites excluding steroid dienone is 1. The van der Waals surface area contributed by atoms with Crippen LogP contribution >= 0.6 is 19.2 Å². The van der Waals surface area contributed by atoms with E-state index in [0.29, 0.717) is 11.4 Å². The van der Waals surface area contributed by atoms with E-state index in [-0.39, 0.29) is 5.50 Å². The third-order valence-corrected chi connectivity index (χ3v) is 7.22. The molecule has 1 aliphatic rings. The van der Waals surface area contributed by atoms with Crippen molar-refractivity contribution >= 4 is 25.2 Å². The summed E-state index contributed by atoms with van der Waals surface area (Å²) >= 11 is 6.05. The lowest BCUT2D eigenvalue weighted by Crippen LogP contribution is -2.44. The van der Waals surface area contributed by atoms with Crippen molar-refractivity contribution in [1.29, 1.82) is 0 Å². The molecule has 28 heavy (non-hydrogen) atoms. The van der Waals surface area contributed by atoms with E-state index in [1.807, 2.05) is 49.4 Å². The molecule has 2 aromatic carbocycles. The summed E-state index contributed by atoms with van der Waals surface area (Å²) < 4.78 is 28.6. The van der Waals surface area contributed by atoms with Gasteiger partial charge in [-0.25, -0.2) is 0 Å². The van der Waals surface area contributed by atoms with E-state index in [1.165, 1.54) is 14.2 Å². The molecule has 0 radical (unpaired) electrons. The van der Waals surface area contributed by atoms with E-state index in [2.05, 4.69) is 0 Å². The highest BCUT2D eigenvalue weighted by atomic mass is 35.5. The number of rotatable bonds is 6. The summed E-state index contributed by atoms with van der Waals surface area (Å²) in [5, 5.41) is 0.579. The molecule has 0 aromatic heterocycles. The largest absolute Gasteiger partial charge is 0.417 e. The number of halogens is 1. The summed E-state index contributed by atoms with van der Waals surface area (Å²) in [5.74, 6) is -0.923.